The van der Waals surface area contributed by atoms with Crippen molar-refractivity contribution in [2.75, 3.05) is 5.32 Å². The van der Waals surface area contributed by atoms with Gasteiger partial charge in [-0.05, 0) is 55.5 Å². The van der Waals surface area contributed by atoms with Crippen molar-refractivity contribution in [2.24, 2.45) is 0 Å². The van der Waals surface area contributed by atoms with Gasteiger partial charge in [0.2, 0.25) is 15.7 Å². The van der Waals surface area contributed by atoms with Gasteiger partial charge in [-0.25, -0.2) is 13.4 Å². The van der Waals surface area contributed by atoms with Crippen LogP contribution in [0, 0.1) is 13.8 Å². The van der Waals surface area contributed by atoms with Gasteiger partial charge in [0.1, 0.15) is 0 Å². The third-order valence-corrected chi connectivity index (χ3v) is 8.58. The molecule has 0 aliphatic carbocycles. The van der Waals surface area contributed by atoms with Gasteiger partial charge in [-0.1, -0.05) is 62.4 Å². The summed E-state index contributed by atoms with van der Waals surface area (Å²) in [5.74, 6) is 0.174. The first-order valence-corrected chi connectivity index (χ1v) is 13.4. The second-order valence-electron chi connectivity index (χ2n) is 8.43. The quantitative estimate of drug-likeness (QED) is 0.339. The number of benzene rings is 2. The van der Waals surface area contributed by atoms with Crippen molar-refractivity contribution in [1.29, 1.82) is 0 Å². The average molecular weight is 500 g/mol. The molecule has 0 aliphatic heterocycles. The highest BCUT2D eigenvalue weighted by atomic mass is 32.2. The summed E-state index contributed by atoms with van der Waals surface area (Å²) in [6, 6.07) is 12.6. The second kappa shape index (κ2) is 10.6. The molecule has 7 nitrogen and oxygen atoms in total. The second-order valence-corrected chi connectivity index (χ2v) is 11.5. The molecule has 9 heteroatoms. The van der Waals surface area contributed by atoms with E-state index in [9.17, 15) is 18.0 Å². The van der Waals surface area contributed by atoms with Gasteiger partial charge in [0.25, 0.3) is 5.56 Å². The predicted octanol–water partition coefficient (Wildman–Crippen LogP) is 4.85. The molecule has 0 saturated carbocycles. The number of rotatable bonds is 8. The highest BCUT2D eigenvalue weighted by molar-refractivity contribution is 8.00. The van der Waals surface area contributed by atoms with E-state index in [4.69, 9.17) is 0 Å². The van der Waals surface area contributed by atoms with Crippen LogP contribution in [0.25, 0.3) is 0 Å². The van der Waals surface area contributed by atoms with E-state index in [1.807, 2.05) is 38.1 Å². The smallest absolute Gasteiger partial charge is 0.270 e. The molecule has 1 aromatic heterocycles. The standard InChI is InChI=1S/C25H29N3O4S2/c1-6-20(23(29)27-19-10-8-18(9-11-19)15(2)3)33-25-26-14-22(24(30)28-25)34(31,32)21-12-7-16(4)13-17(21)5/h7-15,20H,6H2,1-5H3,(H,27,29)(H,26,28,30)/t20-/m1/s1. The predicted molar refractivity (Wildman–Crippen MR) is 135 cm³/mol. The third-order valence-electron chi connectivity index (χ3n) is 5.41. The van der Waals surface area contributed by atoms with Gasteiger partial charge in [-0.3, -0.25) is 9.59 Å². The summed E-state index contributed by atoms with van der Waals surface area (Å²) in [5.41, 5.74) is 2.58. The summed E-state index contributed by atoms with van der Waals surface area (Å²) < 4.78 is 26.0. The van der Waals surface area contributed by atoms with Crippen LogP contribution in [-0.2, 0) is 14.6 Å². The molecular formula is C25H29N3O4S2. The molecule has 34 heavy (non-hydrogen) atoms. The van der Waals surface area contributed by atoms with E-state index in [0.29, 0.717) is 23.6 Å². The molecule has 2 N–H and O–H groups in total. The van der Waals surface area contributed by atoms with E-state index in [-0.39, 0.29) is 16.0 Å². The highest BCUT2D eigenvalue weighted by Gasteiger charge is 2.25. The number of H-pyrrole nitrogens is 1. The van der Waals surface area contributed by atoms with Crippen LogP contribution >= 0.6 is 11.8 Å². The van der Waals surface area contributed by atoms with Crippen molar-refractivity contribution < 1.29 is 13.2 Å². The molecule has 2 aromatic carbocycles. The largest absolute Gasteiger partial charge is 0.325 e. The fraction of sp³-hybridized carbons (Fsp3) is 0.320. The maximum absolute atomic E-state index is 13.0. The van der Waals surface area contributed by atoms with Crippen LogP contribution in [0.1, 0.15) is 49.8 Å². The van der Waals surface area contributed by atoms with Crippen molar-refractivity contribution in [1.82, 2.24) is 9.97 Å². The van der Waals surface area contributed by atoms with E-state index in [1.165, 1.54) is 11.6 Å². The van der Waals surface area contributed by atoms with Crippen LogP contribution in [-0.4, -0.2) is 29.5 Å². The Morgan fingerprint density at radius 3 is 2.32 bits per heavy atom. The first-order chi connectivity index (χ1) is 16.0. The molecule has 3 rings (SSSR count). The van der Waals surface area contributed by atoms with Gasteiger partial charge < -0.3 is 10.3 Å². The fourth-order valence-electron chi connectivity index (χ4n) is 3.47. The number of nitrogens with one attached hydrogen (secondary N) is 2. The zero-order valence-electron chi connectivity index (χ0n) is 19.9. The van der Waals surface area contributed by atoms with Gasteiger partial charge in [-0.15, -0.1) is 0 Å². The number of anilines is 1. The van der Waals surface area contributed by atoms with Crippen LogP contribution in [0.4, 0.5) is 5.69 Å². The van der Waals surface area contributed by atoms with Gasteiger partial charge in [0.05, 0.1) is 16.3 Å². The van der Waals surface area contributed by atoms with Crippen molar-refractivity contribution in [3.8, 4) is 0 Å². The fourth-order valence-corrected chi connectivity index (χ4v) is 5.79. The zero-order chi connectivity index (χ0) is 25.0. The average Bonchev–Trinajstić information content (AvgIpc) is 2.77. The molecule has 0 aliphatic rings. The first-order valence-electron chi connectivity index (χ1n) is 11.0. The van der Waals surface area contributed by atoms with Crippen LogP contribution in [0.3, 0.4) is 0 Å². The molecule has 1 atom stereocenters. The Hall–Kier alpha value is -2.91. The van der Waals surface area contributed by atoms with Gasteiger partial charge in [0.15, 0.2) is 10.1 Å². The van der Waals surface area contributed by atoms with Gasteiger partial charge in [-0.2, -0.15) is 0 Å². The van der Waals surface area contributed by atoms with E-state index in [2.05, 4.69) is 29.1 Å². The number of nitrogens with zero attached hydrogens (tertiary/aromatic N) is 1. The summed E-state index contributed by atoms with van der Waals surface area (Å²) in [6.45, 7) is 9.61. The summed E-state index contributed by atoms with van der Waals surface area (Å²) in [6.07, 6.45) is 1.55. The van der Waals surface area contributed by atoms with Crippen LogP contribution < -0.4 is 10.9 Å². The number of sulfone groups is 1. The Bertz CT molecular complexity index is 1350. The number of amides is 1. The topological polar surface area (TPSA) is 109 Å². The Kier molecular flexibility index (Phi) is 7.99. The minimum atomic E-state index is -4.03. The molecule has 0 radical (unpaired) electrons. The Morgan fingerprint density at radius 1 is 1.09 bits per heavy atom. The van der Waals surface area contributed by atoms with E-state index < -0.39 is 25.5 Å². The maximum atomic E-state index is 13.0. The third kappa shape index (κ3) is 5.77. The summed E-state index contributed by atoms with van der Waals surface area (Å²) in [7, 11) is -4.03. The van der Waals surface area contributed by atoms with E-state index >= 15 is 0 Å². The van der Waals surface area contributed by atoms with Crippen molar-refractivity contribution >= 4 is 33.2 Å². The molecule has 1 amide bonds. The molecule has 180 valence electrons. The van der Waals surface area contributed by atoms with Crippen molar-refractivity contribution in [2.45, 2.75) is 67.2 Å². The monoisotopic (exact) mass is 499 g/mol. The number of thioether (sulfide) groups is 1. The molecule has 0 fully saturated rings. The summed E-state index contributed by atoms with van der Waals surface area (Å²) in [5, 5.41) is 2.55. The summed E-state index contributed by atoms with van der Waals surface area (Å²) >= 11 is 1.08. The van der Waals surface area contributed by atoms with Crippen LogP contribution in [0.15, 0.2) is 68.4 Å². The van der Waals surface area contributed by atoms with Gasteiger partial charge in [0, 0.05) is 5.69 Å². The lowest BCUT2D eigenvalue weighted by Gasteiger charge is -2.15. The molecular weight excluding hydrogens is 470 g/mol. The number of aryl methyl sites for hydroxylation is 2. The lowest BCUT2D eigenvalue weighted by atomic mass is 10.0. The minimum absolute atomic E-state index is 0.0695. The molecule has 0 unspecified atom stereocenters. The number of aromatic nitrogens is 2. The Balaban J connectivity index is 1.78. The molecule has 0 saturated heterocycles. The lowest BCUT2D eigenvalue weighted by molar-refractivity contribution is -0.115. The Morgan fingerprint density at radius 2 is 1.76 bits per heavy atom. The van der Waals surface area contributed by atoms with Crippen LogP contribution in [0.5, 0.6) is 0 Å². The number of hydrogen-bond donors (Lipinski definition) is 2. The molecule has 1 heterocycles. The van der Waals surface area contributed by atoms with E-state index in [1.54, 1.807) is 19.1 Å². The summed E-state index contributed by atoms with van der Waals surface area (Å²) in [4.78, 5) is 31.8. The molecule has 0 bridgehead atoms. The normalized spacial score (nSPS) is 12.5. The Labute approximate surface area is 204 Å². The van der Waals surface area contributed by atoms with Gasteiger partial charge >= 0.3 is 0 Å². The maximum Gasteiger partial charge on any atom is 0.270 e. The number of carbonyl (C=O) groups excluding carboxylic acids is 1. The highest BCUT2D eigenvalue weighted by Crippen LogP contribution is 2.26. The number of aromatic amines is 1. The minimum Gasteiger partial charge on any atom is -0.325 e. The van der Waals surface area contributed by atoms with Crippen molar-refractivity contribution in [3.05, 3.63) is 75.7 Å². The molecule has 0 spiro atoms. The van der Waals surface area contributed by atoms with Crippen molar-refractivity contribution in [3.63, 3.8) is 0 Å². The molecule has 3 aromatic rings. The number of carbonyl (C=O) groups is 1. The first kappa shape index (κ1) is 25.7. The van der Waals surface area contributed by atoms with E-state index in [0.717, 1.165) is 23.5 Å². The van der Waals surface area contributed by atoms with Crippen LogP contribution in [0.2, 0.25) is 0 Å². The SMILES string of the molecule is CC[C@@H](Sc1ncc(S(=O)(=O)c2ccc(C)cc2C)c(=O)[nH]1)C(=O)Nc1ccc(C(C)C)cc1. The lowest BCUT2D eigenvalue weighted by Crippen LogP contribution is -2.26. The zero-order valence-corrected chi connectivity index (χ0v) is 21.5. The number of hydrogen-bond acceptors (Lipinski definition) is 6.